The van der Waals surface area contributed by atoms with Gasteiger partial charge >= 0.3 is 0 Å². The summed E-state index contributed by atoms with van der Waals surface area (Å²) < 4.78 is 16.3. The van der Waals surface area contributed by atoms with Gasteiger partial charge in [-0.25, -0.2) is 9.97 Å². The summed E-state index contributed by atoms with van der Waals surface area (Å²) in [6, 6.07) is 5.40. The van der Waals surface area contributed by atoms with Crippen molar-refractivity contribution < 1.29 is 14.2 Å². The van der Waals surface area contributed by atoms with E-state index in [1.807, 2.05) is 0 Å². The van der Waals surface area contributed by atoms with Crippen molar-refractivity contribution in [1.82, 2.24) is 9.97 Å². The molecule has 0 unspecified atom stereocenters. The van der Waals surface area contributed by atoms with Gasteiger partial charge in [0, 0.05) is 7.11 Å². The maximum Gasteiger partial charge on any atom is 0.165 e. The number of hydrogen-bond acceptors (Lipinski definition) is 5. The molecule has 0 spiro atoms. The van der Waals surface area contributed by atoms with E-state index in [0.29, 0.717) is 44.8 Å². The highest BCUT2D eigenvalue weighted by Crippen LogP contribution is 2.34. The van der Waals surface area contributed by atoms with Gasteiger partial charge in [0.2, 0.25) is 0 Å². The Labute approximate surface area is 136 Å². The van der Waals surface area contributed by atoms with Crippen molar-refractivity contribution in [2.75, 3.05) is 21.3 Å². The highest BCUT2D eigenvalue weighted by Gasteiger charge is 2.16. The summed E-state index contributed by atoms with van der Waals surface area (Å²) in [4.78, 5) is 8.76. The average Bonchev–Trinajstić information content (AvgIpc) is 2.51. The molecule has 5 nitrogen and oxygen atoms in total. The zero-order valence-electron chi connectivity index (χ0n) is 11.8. The number of ether oxygens (including phenoxy) is 3. The number of benzene rings is 1. The van der Waals surface area contributed by atoms with Crippen molar-refractivity contribution >= 4 is 27.5 Å². The van der Waals surface area contributed by atoms with Crippen LogP contribution in [0.15, 0.2) is 22.7 Å². The Morgan fingerprint density at radius 2 is 1.90 bits per heavy atom. The molecule has 7 heteroatoms. The molecule has 0 aliphatic carbocycles. The van der Waals surface area contributed by atoms with Crippen LogP contribution < -0.4 is 9.47 Å². The van der Waals surface area contributed by atoms with Crippen LogP contribution in [0, 0.1) is 0 Å². The number of aromatic nitrogens is 2. The second-order valence-electron chi connectivity index (χ2n) is 4.10. The number of halogens is 2. The Morgan fingerprint density at radius 1 is 1.14 bits per heavy atom. The van der Waals surface area contributed by atoms with Gasteiger partial charge in [0.25, 0.3) is 0 Å². The van der Waals surface area contributed by atoms with Gasteiger partial charge in [0.05, 0.1) is 36.6 Å². The lowest BCUT2D eigenvalue weighted by Gasteiger charge is -2.12. The van der Waals surface area contributed by atoms with Crippen LogP contribution in [0.4, 0.5) is 0 Å². The van der Waals surface area contributed by atoms with Crippen LogP contribution in [0.1, 0.15) is 5.69 Å². The van der Waals surface area contributed by atoms with Crippen molar-refractivity contribution in [3.05, 3.63) is 33.5 Å². The molecule has 0 aliphatic heterocycles. The van der Waals surface area contributed by atoms with Gasteiger partial charge in [-0.3, -0.25) is 0 Å². The summed E-state index contributed by atoms with van der Waals surface area (Å²) >= 11 is 9.51. The monoisotopic (exact) mass is 372 g/mol. The van der Waals surface area contributed by atoms with Crippen LogP contribution in [-0.4, -0.2) is 31.3 Å². The maximum absolute atomic E-state index is 6.15. The molecular weight excluding hydrogens is 360 g/mol. The Morgan fingerprint density at radius 3 is 2.52 bits per heavy atom. The highest BCUT2D eigenvalue weighted by molar-refractivity contribution is 9.10. The van der Waals surface area contributed by atoms with Crippen LogP contribution in [0.25, 0.3) is 11.4 Å². The van der Waals surface area contributed by atoms with Crippen LogP contribution in [-0.2, 0) is 11.3 Å². The molecule has 1 heterocycles. The van der Waals surface area contributed by atoms with Crippen molar-refractivity contribution in [2.45, 2.75) is 6.61 Å². The lowest BCUT2D eigenvalue weighted by atomic mass is 10.1. The van der Waals surface area contributed by atoms with Crippen LogP contribution in [0.5, 0.6) is 11.5 Å². The Hall–Kier alpha value is -1.37. The van der Waals surface area contributed by atoms with Gasteiger partial charge in [-0.05, 0) is 34.1 Å². The fraction of sp³-hybridized carbons (Fsp3) is 0.286. The van der Waals surface area contributed by atoms with E-state index in [9.17, 15) is 0 Å². The molecule has 1 aromatic heterocycles. The third-order valence-electron chi connectivity index (χ3n) is 2.81. The van der Waals surface area contributed by atoms with E-state index in [4.69, 9.17) is 25.8 Å². The molecule has 2 aromatic rings. The smallest absolute Gasteiger partial charge is 0.165 e. The normalized spacial score (nSPS) is 10.5. The van der Waals surface area contributed by atoms with Gasteiger partial charge in [-0.2, -0.15) is 0 Å². The Kier molecular flexibility index (Phi) is 5.39. The molecule has 0 aliphatic rings. The fourth-order valence-electron chi connectivity index (χ4n) is 1.80. The molecule has 0 bridgehead atoms. The Balaban J connectivity index is 2.60. The summed E-state index contributed by atoms with van der Waals surface area (Å²) in [5, 5.41) is 0.317. The van der Waals surface area contributed by atoms with Gasteiger partial charge in [0.1, 0.15) is 16.7 Å². The summed E-state index contributed by atoms with van der Waals surface area (Å²) in [5.74, 6) is 1.77. The number of hydrogen-bond donors (Lipinski definition) is 0. The zero-order chi connectivity index (χ0) is 15.4. The number of nitrogens with zero attached hydrogens (tertiary/aromatic N) is 2. The molecule has 21 heavy (non-hydrogen) atoms. The van der Waals surface area contributed by atoms with E-state index in [1.54, 1.807) is 39.5 Å². The van der Waals surface area contributed by atoms with Gasteiger partial charge in [-0.1, -0.05) is 11.6 Å². The predicted octanol–water partition coefficient (Wildman–Crippen LogP) is 3.72. The van der Waals surface area contributed by atoms with Gasteiger partial charge in [-0.15, -0.1) is 0 Å². The average molecular weight is 374 g/mol. The third kappa shape index (κ3) is 3.45. The first-order valence-electron chi connectivity index (χ1n) is 6.04. The van der Waals surface area contributed by atoms with Crippen molar-refractivity contribution in [3.63, 3.8) is 0 Å². The predicted molar refractivity (Wildman–Crippen MR) is 84.0 cm³/mol. The number of rotatable bonds is 5. The first-order chi connectivity index (χ1) is 10.1. The minimum atomic E-state index is 0.317. The van der Waals surface area contributed by atoms with Crippen molar-refractivity contribution in [1.29, 1.82) is 0 Å². The largest absolute Gasteiger partial charge is 0.497 e. The molecule has 0 saturated carbocycles. The van der Waals surface area contributed by atoms with E-state index in [2.05, 4.69) is 25.9 Å². The summed E-state index contributed by atoms with van der Waals surface area (Å²) in [5.41, 5.74) is 1.36. The summed E-state index contributed by atoms with van der Waals surface area (Å²) in [7, 11) is 4.77. The first-order valence-corrected chi connectivity index (χ1v) is 7.21. The quantitative estimate of drug-likeness (QED) is 0.748. The topological polar surface area (TPSA) is 53.5 Å². The molecular formula is C14H14BrClN2O3. The minimum Gasteiger partial charge on any atom is -0.497 e. The molecule has 0 atom stereocenters. The molecule has 2 rings (SSSR count). The van der Waals surface area contributed by atoms with E-state index >= 15 is 0 Å². The molecule has 112 valence electrons. The van der Waals surface area contributed by atoms with E-state index in [0.717, 1.165) is 0 Å². The molecule has 0 N–H and O–H groups in total. The highest BCUT2D eigenvalue weighted by atomic mass is 79.9. The van der Waals surface area contributed by atoms with Crippen molar-refractivity contribution in [2.24, 2.45) is 0 Å². The van der Waals surface area contributed by atoms with E-state index < -0.39 is 0 Å². The van der Waals surface area contributed by atoms with Crippen LogP contribution in [0.3, 0.4) is 0 Å². The summed E-state index contributed by atoms with van der Waals surface area (Å²) in [6.07, 6.45) is 0. The van der Waals surface area contributed by atoms with Crippen LogP contribution in [0.2, 0.25) is 5.15 Å². The van der Waals surface area contributed by atoms with Gasteiger partial charge in [0.15, 0.2) is 5.82 Å². The zero-order valence-corrected chi connectivity index (χ0v) is 14.2. The van der Waals surface area contributed by atoms with Gasteiger partial charge < -0.3 is 14.2 Å². The minimum absolute atomic E-state index is 0.317. The van der Waals surface area contributed by atoms with E-state index in [1.165, 1.54) is 0 Å². The second kappa shape index (κ2) is 7.06. The number of methoxy groups -OCH3 is 3. The molecule has 0 fully saturated rings. The standard InChI is InChI=1S/C14H14BrClN2O3/c1-19-7-10-12(15)13(16)18-14(17-10)9-6-8(20-2)4-5-11(9)21-3/h4-6H,7H2,1-3H3. The lowest BCUT2D eigenvalue weighted by molar-refractivity contribution is 0.181. The molecule has 1 aromatic carbocycles. The fourth-order valence-corrected chi connectivity index (χ4v) is 2.29. The Bertz CT molecular complexity index is 652. The second-order valence-corrected chi connectivity index (χ2v) is 5.25. The molecule has 0 radical (unpaired) electrons. The molecule has 0 saturated heterocycles. The maximum atomic E-state index is 6.15. The SMILES string of the molecule is COCc1nc(-c2cc(OC)ccc2OC)nc(Cl)c1Br. The molecule has 0 amide bonds. The van der Waals surface area contributed by atoms with Crippen LogP contribution >= 0.6 is 27.5 Å². The third-order valence-corrected chi connectivity index (χ3v) is 4.14. The van der Waals surface area contributed by atoms with Crippen molar-refractivity contribution in [3.8, 4) is 22.9 Å². The summed E-state index contributed by atoms with van der Waals surface area (Å²) in [6.45, 7) is 0.322. The van der Waals surface area contributed by atoms with E-state index in [-0.39, 0.29) is 0 Å². The first kappa shape index (κ1) is 16.0. The lowest BCUT2D eigenvalue weighted by Crippen LogP contribution is -2.01.